The van der Waals surface area contributed by atoms with E-state index in [4.69, 9.17) is 11.6 Å². The Balaban J connectivity index is 2.08. The summed E-state index contributed by atoms with van der Waals surface area (Å²) in [5, 5.41) is 0.730. The van der Waals surface area contributed by atoms with Crippen LogP contribution < -0.4 is 4.90 Å². The van der Waals surface area contributed by atoms with Gasteiger partial charge in [0.05, 0.1) is 11.0 Å². The summed E-state index contributed by atoms with van der Waals surface area (Å²) in [6.07, 6.45) is 0. The van der Waals surface area contributed by atoms with Crippen LogP contribution in [-0.4, -0.2) is 24.1 Å². The average molecular weight is 286 g/mol. The Bertz CT molecular complexity index is 757. The minimum atomic E-state index is 0.730. The summed E-state index contributed by atoms with van der Waals surface area (Å²) in [6.45, 7) is 2.02. The summed E-state index contributed by atoms with van der Waals surface area (Å²) < 4.78 is 0. The van der Waals surface area contributed by atoms with E-state index in [-0.39, 0.29) is 0 Å². The van der Waals surface area contributed by atoms with E-state index in [1.165, 1.54) is 5.69 Å². The molecule has 0 unspecified atom stereocenters. The van der Waals surface area contributed by atoms with Crippen LogP contribution in [0.25, 0.3) is 22.4 Å². The molecule has 0 saturated heterocycles. The van der Waals surface area contributed by atoms with Crippen LogP contribution in [0, 0.1) is 6.92 Å². The third-order valence-electron chi connectivity index (χ3n) is 3.40. The maximum atomic E-state index is 6.08. The third kappa shape index (κ3) is 2.25. The molecule has 0 aliphatic carbocycles. The van der Waals surface area contributed by atoms with Crippen LogP contribution in [0.5, 0.6) is 0 Å². The van der Waals surface area contributed by atoms with Gasteiger partial charge >= 0.3 is 0 Å². The number of rotatable bonds is 2. The summed E-state index contributed by atoms with van der Waals surface area (Å²) in [6, 6.07) is 12.2. The molecule has 0 amide bonds. The maximum absolute atomic E-state index is 6.08. The van der Waals surface area contributed by atoms with E-state index in [1.54, 1.807) is 0 Å². The Morgan fingerprint density at radius 3 is 2.45 bits per heavy atom. The Kier molecular flexibility index (Phi) is 3.14. The van der Waals surface area contributed by atoms with Crippen molar-refractivity contribution in [2.24, 2.45) is 0 Å². The van der Waals surface area contributed by atoms with Gasteiger partial charge in [-0.05, 0) is 48.9 Å². The van der Waals surface area contributed by atoms with Crippen molar-refractivity contribution < 1.29 is 0 Å². The van der Waals surface area contributed by atoms with Crippen LogP contribution >= 0.6 is 11.6 Å². The van der Waals surface area contributed by atoms with Gasteiger partial charge in [0, 0.05) is 30.4 Å². The first-order valence-corrected chi connectivity index (χ1v) is 6.86. The number of fused-ring (bicyclic) bond motifs is 1. The number of H-pyrrole nitrogens is 1. The van der Waals surface area contributed by atoms with Crippen molar-refractivity contribution in [1.82, 2.24) is 9.97 Å². The van der Waals surface area contributed by atoms with E-state index >= 15 is 0 Å². The molecular weight excluding hydrogens is 270 g/mol. The molecule has 0 fully saturated rings. The number of imidazole rings is 1. The zero-order chi connectivity index (χ0) is 14.3. The number of aromatic nitrogens is 2. The van der Waals surface area contributed by atoms with Gasteiger partial charge < -0.3 is 9.88 Å². The van der Waals surface area contributed by atoms with Gasteiger partial charge in [0.15, 0.2) is 0 Å². The summed E-state index contributed by atoms with van der Waals surface area (Å²) in [4.78, 5) is 10.1. The van der Waals surface area contributed by atoms with E-state index in [1.807, 2.05) is 33.2 Å². The van der Waals surface area contributed by atoms with Gasteiger partial charge in [-0.1, -0.05) is 11.6 Å². The Hall–Kier alpha value is -2.00. The monoisotopic (exact) mass is 285 g/mol. The Morgan fingerprint density at radius 1 is 1.10 bits per heavy atom. The summed E-state index contributed by atoms with van der Waals surface area (Å²) in [7, 11) is 4.06. The fourth-order valence-corrected chi connectivity index (χ4v) is 2.57. The molecular formula is C16H16ClN3. The van der Waals surface area contributed by atoms with Crippen LogP contribution in [-0.2, 0) is 0 Å². The number of nitrogens with one attached hydrogen (secondary N) is 1. The first-order chi connectivity index (χ1) is 9.54. The molecule has 1 aromatic heterocycles. The average Bonchev–Trinajstić information content (AvgIpc) is 2.83. The molecule has 102 valence electrons. The quantitative estimate of drug-likeness (QED) is 0.763. The predicted molar refractivity (Wildman–Crippen MR) is 85.6 cm³/mol. The highest BCUT2D eigenvalue weighted by Crippen LogP contribution is 2.26. The van der Waals surface area contributed by atoms with Gasteiger partial charge in [-0.15, -0.1) is 0 Å². The van der Waals surface area contributed by atoms with Gasteiger partial charge in [-0.2, -0.15) is 0 Å². The molecule has 20 heavy (non-hydrogen) atoms. The zero-order valence-electron chi connectivity index (χ0n) is 11.7. The van der Waals surface area contributed by atoms with Crippen molar-refractivity contribution in [2.45, 2.75) is 6.92 Å². The highest BCUT2D eigenvalue weighted by atomic mass is 35.5. The minimum absolute atomic E-state index is 0.730. The molecule has 0 aliphatic rings. The first kappa shape index (κ1) is 13.0. The van der Waals surface area contributed by atoms with Crippen molar-refractivity contribution in [2.75, 3.05) is 19.0 Å². The second-order valence-electron chi connectivity index (χ2n) is 5.15. The lowest BCUT2D eigenvalue weighted by atomic mass is 10.2. The number of aryl methyl sites for hydroxylation is 1. The highest BCUT2D eigenvalue weighted by Gasteiger charge is 2.08. The van der Waals surface area contributed by atoms with Crippen LogP contribution in [0.2, 0.25) is 5.02 Å². The van der Waals surface area contributed by atoms with E-state index < -0.39 is 0 Å². The molecule has 2 aromatic carbocycles. The molecule has 1 heterocycles. The van der Waals surface area contributed by atoms with Crippen molar-refractivity contribution in [3.8, 4) is 11.4 Å². The SMILES string of the molecule is Cc1cc(Cl)cc2[nH]c(-c3ccc(N(C)C)cc3)nc12. The van der Waals surface area contributed by atoms with Crippen LogP contribution in [0.1, 0.15) is 5.56 Å². The third-order valence-corrected chi connectivity index (χ3v) is 3.62. The zero-order valence-corrected chi connectivity index (χ0v) is 12.5. The Labute approximate surface area is 123 Å². The smallest absolute Gasteiger partial charge is 0.138 e. The highest BCUT2D eigenvalue weighted by molar-refractivity contribution is 6.31. The maximum Gasteiger partial charge on any atom is 0.138 e. The van der Waals surface area contributed by atoms with Crippen molar-refractivity contribution in [3.05, 3.63) is 47.0 Å². The molecule has 0 aliphatic heterocycles. The minimum Gasteiger partial charge on any atom is -0.378 e. The molecule has 3 aromatic rings. The number of halogens is 1. The molecule has 0 atom stereocenters. The lowest BCUT2D eigenvalue weighted by Gasteiger charge is -2.11. The second kappa shape index (κ2) is 4.84. The van der Waals surface area contributed by atoms with Crippen molar-refractivity contribution in [3.63, 3.8) is 0 Å². The van der Waals surface area contributed by atoms with Crippen molar-refractivity contribution >= 4 is 28.3 Å². The molecule has 1 N–H and O–H groups in total. The molecule has 4 heteroatoms. The number of benzene rings is 2. The standard InChI is InChI=1S/C16H16ClN3/c1-10-8-12(17)9-14-15(10)19-16(18-14)11-4-6-13(7-5-11)20(2)3/h4-9H,1-3H3,(H,18,19). The topological polar surface area (TPSA) is 31.9 Å². The Morgan fingerprint density at radius 2 is 1.80 bits per heavy atom. The molecule has 0 radical (unpaired) electrons. The molecule has 3 nitrogen and oxygen atoms in total. The second-order valence-corrected chi connectivity index (χ2v) is 5.58. The van der Waals surface area contributed by atoms with Gasteiger partial charge in [0.1, 0.15) is 5.82 Å². The van der Waals surface area contributed by atoms with E-state index in [2.05, 4.69) is 39.1 Å². The van der Waals surface area contributed by atoms with Crippen LogP contribution in [0.3, 0.4) is 0 Å². The number of hydrogen-bond donors (Lipinski definition) is 1. The number of hydrogen-bond acceptors (Lipinski definition) is 2. The van der Waals surface area contributed by atoms with E-state index in [0.29, 0.717) is 0 Å². The van der Waals surface area contributed by atoms with Gasteiger partial charge in [-0.25, -0.2) is 4.98 Å². The molecule has 0 bridgehead atoms. The van der Waals surface area contributed by atoms with Crippen LogP contribution in [0.15, 0.2) is 36.4 Å². The molecule has 3 rings (SSSR count). The summed E-state index contributed by atoms with van der Waals surface area (Å²) >= 11 is 6.08. The molecule has 0 spiro atoms. The largest absolute Gasteiger partial charge is 0.378 e. The van der Waals surface area contributed by atoms with E-state index in [0.717, 1.165) is 33.0 Å². The number of aromatic amines is 1. The van der Waals surface area contributed by atoms with E-state index in [9.17, 15) is 0 Å². The summed E-state index contributed by atoms with van der Waals surface area (Å²) in [5.41, 5.74) is 5.27. The van der Waals surface area contributed by atoms with Gasteiger partial charge in [-0.3, -0.25) is 0 Å². The van der Waals surface area contributed by atoms with Gasteiger partial charge in [0.25, 0.3) is 0 Å². The normalized spacial score (nSPS) is 11.0. The summed E-state index contributed by atoms with van der Waals surface area (Å²) in [5.74, 6) is 0.871. The first-order valence-electron chi connectivity index (χ1n) is 6.48. The van der Waals surface area contributed by atoms with Crippen LogP contribution in [0.4, 0.5) is 5.69 Å². The fraction of sp³-hybridized carbons (Fsp3) is 0.188. The lowest BCUT2D eigenvalue weighted by molar-refractivity contribution is 1.13. The number of nitrogens with zero attached hydrogens (tertiary/aromatic N) is 2. The van der Waals surface area contributed by atoms with Gasteiger partial charge in [0.2, 0.25) is 0 Å². The fourth-order valence-electron chi connectivity index (χ4n) is 2.30. The van der Waals surface area contributed by atoms with Crippen molar-refractivity contribution in [1.29, 1.82) is 0 Å². The predicted octanol–water partition coefficient (Wildman–Crippen LogP) is 4.26. The number of anilines is 1. The lowest BCUT2D eigenvalue weighted by Crippen LogP contribution is -2.07. The molecule has 0 saturated carbocycles.